The van der Waals surface area contributed by atoms with Crippen LogP contribution >= 0.6 is 11.6 Å². The van der Waals surface area contributed by atoms with Gasteiger partial charge in [0.05, 0.1) is 0 Å². The number of hydrogen-bond donors (Lipinski definition) is 3. The second-order valence-corrected chi connectivity index (χ2v) is 7.03. The van der Waals surface area contributed by atoms with Crippen LogP contribution in [0.1, 0.15) is 11.1 Å². The van der Waals surface area contributed by atoms with E-state index in [1.54, 1.807) is 7.05 Å². The highest BCUT2D eigenvalue weighted by Crippen LogP contribution is 2.34. The number of rotatable bonds is 4. The van der Waals surface area contributed by atoms with E-state index in [1.807, 2.05) is 42.5 Å². The summed E-state index contributed by atoms with van der Waals surface area (Å²) >= 11 is 6.20. The van der Waals surface area contributed by atoms with E-state index in [4.69, 9.17) is 11.6 Å². The molecule has 3 N–H and O–H groups in total. The van der Waals surface area contributed by atoms with Gasteiger partial charge in [0.15, 0.2) is 11.0 Å². The molecule has 0 fully saturated rings. The fourth-order valence-corrected chi connectivity index (χ4v) is 3.75. The van der Waals surface area contributed by atoms with Crippen molar-refractivity contribution in [3.8, 4) is 0 Å². The molecule has 0 saturated heterocycles. The third-order valence-electron chi connectivity index (χ3n) is 4.88. The molecule has 0 saturated carbocycles. The Morgan fingerprint density at radius 2 is 1.90 bits per heavy atom. The van der Waals surface area contributed by atoms with Gasteiger partial charge in [-0.1, -0.05) is 41.9 Å². The van der Waals surface area contributed by atoms with E-state index >= 15 is 0 Å². The molecule has 1 aliphatic rings. The second-order valence-electron chi connectivity index (χ2n) is 6.67. The molecular formula is C21H21ClN6O. The summed E-state index contributed by atoms with van der Waals surface area (Å²) in [5, 5.41) is 9.31. The summed E-state index contributed by atoms with van der Waals surface area (Å²) in [4.78, 5) is 23.0. The zero-order valence-corrected chi connectivity index (χ0v) is 16.7. The number of carbonyl (C=O) groups is 1. The number of benzene rings is 2. The molecule has 0 radical (unpaired) electrons. The van der Waals surface area contributed by atoms with Crippen molar-refractivity contribution in [2.75, 3.05) is 34.4 Å². The number of anilines is 4. The maximum atomic E-state index is 12.4. The monoisotopic (exact) mass is 408 g/mol. The first kappa shape index (κ1) is 19.0. The maximum Gasteiger partial charge on any atom is 0.323 e. The van der Waals surface area contributed by atoms with Crippen LogP contribution in [-0.4, -0.2) is 29.6 Å². The topological polar surface area (TPSA) is 82.2 Å². The van der Waals surface area contributed by atoms with Gasteiger partial charge in [-0.15, -0.1) is 0 Å². The predicted molar refractivity (Wildman–Crippen MR) is 117 cm³/mol. The fraction of sp³-hybridized carbons (Fsp3) is 0.190. The molecule has 1 aromatic heterocycles. The lowest BCUT2D eigenvalue weighted by molar-refractivity contribution is 0.262. The molecule has 4 rings (SSSR count). The molecule has 0 spiro atoms. The van der Waals surface area contributed by atoms with Crippen molar-refractivity contribution < 1.29 is 4.79 Å². The third-order valence-corrected chi connectivity index (χ3v) is 5.16. The molecule has 3 aromatic rings. The zero-order valence-electron chi connectivity index (χ0n) is 15.9. The second kappa shape index (κ2) is 8.36. The number of hydrogen-bond acceptors (Lipinski definition) is 5. The highest BCUT2D eigenvalue weighted by Gasteiger charge is 2.23. The minimum absolute atomic E-state index is 0.257. The van der Waals surface area contributed by atoms with Crippen molar-refractivity contribution in [3.63, 3.8) is 0 Å². The van der Waals surface area contributed by atoms with Crippen LogP contribution in [-0.2, 0) is 13.0 Å². The average Bonchev–Trinajstić information content (AvgIpc) is 2.74. The molecule has 29 heavy (non-hydrogen) atoms. The van der Waals surface area contributed by atoms with Crippen LogP contribution in [0.4, 0.5) is 27.7 Å². The first-order valence-corrected chi connectivity index (χ1v) is 9.70. The largest absolute Gasteiger partial charge is 0.383 e. The molecule has 0 atom stereocenters. The number of aromatic nitrogens is 2. The zero-order chi connectivity index (χ0) is 20.2. The van der Waals surface area contributed by atoms with Gasteiger partial charge in [-0.25, -0.2) is 14.8 Å². The molecule has 2 amide bonds. The summed E-state index contributed by atoms with van der Waals surface area (Å²) in [5.41, 5.74) is 4.57. The number of para-hydroxylation sites is 1. The van der Waals surface area contributed by atoms with Gasteiger partial charge < -0.3 is 20.9 Å². The van der Waals surface area contributed by atoms with Crippen LogP contribution in [0.3, 0.4) is 0 Å². The lowest BCUT2D eigenvalue weighted by Crippen LogP contribution is -2.32. The Labute approximate surface area is 174 Å². The van der Waals surface area contributed by atoms with E-state index in [0.29, 0.717) is 17.4 Å². The van der Waals surface area contributed by atoms with Gasteiger partial charge in [-0.3, -0.25) is 0 Å². The SMILES string of the molecule is CNc1c(Cl)ncnc1N1CCc2c(cccc2NC(=O)Nc2ccccc2)C1. The molecular weight excluding hydrogens is 388 g/mol. The smallest absolute Gasteiger partial charge is 0.323 e. The molecule has 8 heteroatoms. The lowest BCUT2D eigenvalue weighted by Gasteiger charge is -2.32. The Bertz CT molecular complexity index is 1030. The summed E-state index contributed by atoms with van der Waals surface area (Å²) in [7, 11) is 1.80. The van der Waals surface area contributed by atoms with E-state index in [1.165, 1.54) is 6.33 Å². The number of halogens is 1. The van der Waals surface area contributed by atoms with E-state index in [0.717, 1.165) is 41.3 Å². The van der Waals surface area contributed by atoms with Crippen LogP contribution in [0.5, 0.6) is 0 Å². The van der Waals surface area contributed by atoms with Gasteiger partial charge >= 0.3 is 6.03 Å². The minimum Gasteiger partial charge on any atom is -0.383 e. The van der Waals surface area contributed by atoms with Crippen molar-refractivity contribution in [2.24, 2.45) is 0 Å². The van der Waals surface area contributed by atoms with Crippen molar-refractivity contribution in [1.29, 1.82) is 0 Å². The van der Waals surface area contributed by atoms with Gasteiger partial charge in [0.25, 0.3) is 0 Å². The van der Waals surface area contributed by atoms with Crippen molar-refractivity contribution in [2.45, 2.75) is 13.0 Å². The predicted octanol–water partition coefficient (Wildman–Crippen LogP) is 4.38. The first-order valence-electron chi connectivity index (χ1n) is 9.32. The van der Waals surface area contributed by atoms with Crippen molar-refractivity contribution in [1.82, 2.24) is 9.97 Å². The van der Waals surface area contributed by atoms with Gasteiger partial charge in [0.2, 0.25) is 0 Å². The Balaban J connectivity index is 1.52. The highest BCUT2D eigenvalue weighted by atomic mass is 35.5. The maximum absolute atomic E-state index is 12.4. The number of amides is 2. The number of nitrogens with one attached hydrogen (secondary N) is 3. The Hall–Kier alpha value is -3.32. The van der Waals surface area contributed by atoms with Gasteiger partial charge in [-0.05, 0) is 35.7 Å². The van der Waals surface area contributed by atoms with E-state index in [-0.39, 0.29) is 6.03 Å². The average molecular weight is 409 g/mol. The van der Waals surface area contributed by atoms with Crippen LogP contribution < -0.4 is 20.9 Å². The fourth-order valence-electron chi connectivity index (χ4n) is 3.52. The van der Waals surface area contributed by atoms with Gasteiger partial charge in [-0.2, -0.15) is 0 Å². The van der Waals surface area contributed by atoms with Gasteiger partial charge in [0.1, 0.15) is 12.0 Å². The van der Waals surface area contributed by atoms with E-state index in [9.17, 15) is 4.79 Å². The molecule has 2 heterocycles. The van der Waals surface area contributed by atoms with Crippen LogP contribution in [0.2, 0.25) is 5.15 Å². The summed E-state index contributed by atoms with van der Waals surface area (Å²) in [6.45, 7) is 1.43. The number of nitrogens with zero attached hydrogens (tertiary/aromatic N) is 3. The van der Waals surface area contributed by atoms with Crippen molar-refractivity contribution >= 4 is 40.5 Å². The lowest BCUT2D eigenvalue weighted by atomic mass is 9.97. The Morgan fingerprint density at radius 1 is 1.07 bits per heavy atom. The molecule has 0 aliphatic carbocycles. The third kappa shape index (κ3) is 4.09. The molecule has 0 bridgehead atoms. The minimum atomic E-state index is -0.257. The number of carbonyl (C=O) groups excluding carboxylic acids is 1. The Morgan fingerprint density at radius 3 is 2.69 bits per heavy atom. The number of fused-ring (bicyclic) bond motifs is 1. The summed E-state index contributed by atoms with van der Waals surface area (Å²) in [5.74, 6) is 0.776. The number of urea groups is 1. The molecule has 2 aromatic carbocycles. The molecule has 148 valence electrons. The first-order chi connectivity index (χ1) is 14.2. The summed E-state index contributed by atoms with van der Waals surface area (Å²) in [6.07, 6.45) is 2.25. The molecule has 7 nitrogen and oxygen atoms in total. The normalized spacial score (nSPS) is 12.8. The van der Waals surface area contributed by atoms with Crippen LogP contribution in [0, 0.1) is 0 Å². The standard InChI is InChI=1S/C21H21ClN6O/c1-23-18-19(22)24-13-25-20(18)28-11-10-16-14(12-28)6-5-9-17(16)27-21(29)26-15-7-3-2-4-8-15/h2-9,13,23H,10-12H2,1H3,(H2,26,27,29). The Kier molecular flexibility index (Phi) is 5.48. The molecule has 1 aliphatic heterocycles. The van der Waals surface area contributed by atoms with Gasteiger partial charge in [0, 0.05) is 31.5 Å². The van der Waals surface area contributed by atoms with Crippen LogP contribution in [0.15, 0.2) is 54.9 Å². The van der Waals surface area contributed by atoms with E-state index in [2.05, 4.69) is 36.9 Å². The summed E-state index contributed by atoms with van der Waals surface area (Å²) in [6, 6.07) is 15.1. The summed E-state index contributed by atoms with van der Waals surface area (Å²) < 4.78 is 0. The van der Waals surface area contributed by atoms with Crippen molar-refractivity contribution in [3.05, 3.63) is 71.1 Å². The highest BCUT2D eigenvalue weighted by molar-refractivity contribution is 6.32. The van der Waals surface area contributed by atoms with Crippen LogP contribution in [0.25, 0.3) is 0 Å². The quantitative estimate of drug-likeness (QED) is 0.558. The molecule has 0 unspecified atom stereocenters. The van der Waals surface area contributed by atoms with E-state index < -0.39 is 0 Å².